The topological polar surface area (TPSA) is 82.5 Å². The number of aryl methyl sites for hydroxylation is 1. The summed E-state index contributed by atoms with van der Waals surface area (Å²) in [4.78, 5) is 11.6. The monoisotopic (exact) mass is 176 g/mol. The van der Waals surface area contributed by atoms with Crippen molar-refractivity contribution in [3.63, 3.8) is 0 Å². The first-order valence-corrected chi connectivity index (χ1v) is 3.70. The standard InChI is InChI=1S/C7H8N6/c1-13-3-2-5(12-13)6-9-4-10-7(8)11-6/h2-4H,1H3,(H2,8,9,10,11). The summed E-state index contributed by atoms with van der Waals surface area (Å²) in [6, 6.07) is 1.81. The third-order valence-electron chi connectivity index (χ3n) is 1.53. The molecule has 0 bridgehead atoms. The van der Waals surface area contributed by atoms with Gasteiger partial charge in [0.05, 0.1) is 0 Å². The van der Waals surface area contributed by atoms with Gasteiger partial charge in [-0.05, 0) is 6.07 Å². The van der Waals surface area contributed by atoms with Gasteiger partial charge >= 0.3 is 0 Å². The minimum absolute atomic E-state index is 0.204. The molecule has 0 aromatic carbocycles. The SMILES string of the molecule is Cn1ccc(-c2ncnc(N)n2)n1. The van der Waals surface area contributed by atoms with Crippen LogP contribution >= 0.6 is 0 Å². The van der Waals surface area contributed by atoms with E-state index in [4.69, 9.17) is 5.73 Å². The summed E-state index contributed by atoms with van der Waals surface area (Å²) in [6.45, 7) is 0. The highest BCUT2D eigenvalue weighted by Crippen LogP contribution is 2.09. The summed E-state index contributed by atoms with van der Waals surface area (Å²) < 4.78 is 1.68. The Kier molecular flexibility index (Phi) is 1.66. The first-order chi connectivity index (χ1) is 6.25. The van der Waals surface area contributed by atoms with E-state index in [0.717, 1.165) is 0 Å². The van der Waals surface area contributed by atoms with Crippen LogP contribution in [0.2, 0.25) is 0 Å². The molecule has 6 heteroatoms. The van der Waals surface area contributed by atoms with Crippen LogP contribution in [0.25, 0.3) is 11.5 Å². The van der Waals surface area contributed by atoms with Crippen molar-refractivity contribution < 1.29 is 0 Å². The Hall–Kier alpha value is -1.98. The van der Waals surface area contributed by atoms with Gasteiger partial charge in [0.25, 0.3) is 0 Å². The minimum Gasteiger partial charge on any atom is -0.368 e. The molecule has 0 aliphatic rings. The van der Waals surface area contributed by atoms with Crippen molar-refractivity contribution in [2.75, 3.05) is 5.73 Å². The molecule has 0 radical (unpaired) electrons. The molecule has 0 aliphatic heterocycles. The molecule has 0 unspecified atom stereocenters. The number of hydrogen-bond acceptors (Lipinski definition) is 5. The van der Waals surface area contributed by atoms with Crippen LogP contribution < -0.4 is 5.73 Å². The van der Waals surface area contributed by atoms with Crippen molar-refractivity contribution in [1.82, 2.24) is 24.7 Å². The van der Waals surface area contributed by atoms with E-state index in [1.54, 1.807) is 4.68 Å². The van der Waals surface area contributed by atoms with E-state index in [1.807, 2.05) is 19.3 Å². The van der Waals surface area contributed by atoms with Crippen molar-refractivity contribution in [3.05, 3.63) is 18.6 Å². The Balaban J connectivity index is 2.46. The maximum Gasteiger partial charge on any atom is 0.223 e. The van der Waals surface area contributed by atoms with Crippen LogP contribution in [-0.4, -0.2) is 24.7 Å². The van der Waals surface area contributed by atoms with E-state index in [9.17, 15) is 0 Å². The lowest BCUT2D eigenvalue weighted by molar-refractivity contribution is 0.768. The van der Waals surface area contributed by atoms with Gasteiger partial charge in [0.15, 0.2) is 5.82 Å². The first kappa shape index (κ1) is 7.66. The molecule has 0 atom stereocenters. The molecule has 2 aromatic rings. The third kappa shape index (κ3) is 1.46. The number of aromatic nitrogens is 5. The lowest BCUT2D eigenvalue weighted by atomic mass is 10.4. The van der Waals surface area contributed by atoms with Crippen LogP contribution in [0.15, 0.2) is 18.6 Å². The molecule has 13 heavy (non-hydrogen) atoms. The molecule has 0 saturated heterocycles. The number of anilines is 1. The minimum atomic E-state index is 0.204. The fraction of sp³-hybridized carbons (Fsp3) is 0.143. The Morgan fingerprint density at radius 1 is 1.38 bits per heavy atom. The zero-order chi connectivity index (χ0) is 9.26. The van der Waals surface area contributed by atoms with E-state index in [-0.39, 0.29) is 5.95 Å². The highest BCUT2D eigenvalue weighted by Gasteiger charge is 2.04. The van der Waals surface area contributed by atoms with Crippen LogP contribution in [0, 0.1) is 0 Å². The van der Waals surface area contributed by atoms with Gasteiger partial charge in [-0.2, -0.15) is 10.1 Å². The maximum atomic E-state index is 5.41. The van der Waals surface area contributed by atoms with Gasteiger partial charge in [0.2, 0.25) is 5.95 Å². The normalized spacial score (nSPS) is 10.2. The Morgan fingerprint density at radius 3 is 2.85 bits per heavy atom. The molecular weight excluding hydrogens is 168 g/mol. The number of nitrogen functional groups attached to an aromatic ring is 1. The van der Waals surface area contributed by atoms with E-state index >= 15 is 0 Å². The van der Waals surface area contributed by atoms with E-state index in [2.05, 4.69) is 20.1 Å². The molecular formula is C7H8N6. The number of rotatable bonds is 1. The largest absolute Gasteiger partial charge is 0.368 e. The van der Waals surface area contributed by atoms with Crippen molar-refractivity contribution in [2.24, 2.45) is 7.05 Å². The number of nitrogens with zero attached hydrogens (tertiary/aromatic N) is 5. The molecule has 2 heterocycles. The van der Waals surface area contributed by atoms with Crippen LogP contribution in [-0.2, 0) is 7.05 Å². The van der Waals surface area contributed by atoms with Crippen molar-refractivity contribution in [1.29, 1.82) is 0 Å². The summed E-state index contributed by atoms with van der Waals surface area (Å²) in [6.07, 6.45) is 3.18. The molecule has 0 saturated carbocycles. The molecule has 66 valence electrons. The second-order valence-corrected chi connectivity index (χ2v) is 2.54. The molecule has 2 rings (SSSR count). The van der Waals surface area contributed by atoms with E-state index in [0.29, 0.717) is 11.5 Å². The molecule has 2 N–H and O–H groups in total. The molecule has 0 aliphatic carbocycles. The van der Waals surface area contributed by atoms with Gasteiger partial charge in [-0.3, -0.25) is 4.68 Å². The lowest BCUT2D eigenvalue weighted by Crippen LogP contribution is -1.98. The first-order valence-electron chi connectivity index (χ1n) is 3.70. The zero-order valence-electron chi connectivity index (χ0n) is 7.05. The van der Waals surface area contributed by atoms with Gasteiger partial charge in [-0.1, -0.05) is 0 Å². The van der Waals surface area contributed by atoms with Gasteiger partial charge in [0, 0.05) is 13.2 Å². The summed E-state index contributed by atoms with van der Waals surface area (Å²) >= 11 is 0. The smallest absolute Gasteiger partial charge is 0.223 e. The highest BCUT2D eigenvalue weighted by molar-refractivity contribution is 5.48. The van der Waals surface area contributed by atoms with Gasteiger partial charge in [0.1, 0.15) is 12.0 Å². The van der Waals surface area contributed by atoms with Crippen molar-refractivity contribution in [3.8, 4) is 11.5 Å². The molecule has 2 aromatic heterocycles. The summed E-state index contributed by atoms with van der Waals surface area (Å²) in [5.41, 5.74) is 6.10. The highest BCUT2D eigenvalue weighted by atomic mass is 15.3. The second-order valence-electron chi connectivity index (χ2n) is 2.54. The zero-order valence-corrected chi connectivity index (χ0v) is 7.05. The summed E-state index contributed by atoms with van der Waals surface area (Å²) in [5, 5.41) is 4.13. The number of nitrogens with two attached hydrogens (primary N) is 1. The third-order valence-corrected chi connectivity index (χ3v) is 1.53. The predicted molar refractivity (Wildman–Crippen MR) is 46.4 cm³/mol. The summed E-state index contributed by atoms with van der Waals surface area (Å²) in [7, 11) is 1.83. The molecule has 0 fully saturated rings. The summed E-state index contributed by atoms with van der Waals surface area (Å²) in [5.74, 6) is 0.698. The maximum absolute atomic E-state index is 5.41. The quantitative estimate of drug-likeness (QED) is 0.653. The van der Waals surface area contributed by atoms with Crippen molar-refractivity contribution >= 4 is 5.95 Å². The average Bonchev–Trinajstić information content (AvgIpc) is 2.52. The van der Waals surface area contributed by atoms with E-state index < -0.39 is 0 Å². The number of hydrogen-bond donors (Lipinski definition) is 1. The Morgan fingerprint density at radius 2 is 2.23 bits per heavy atom. The molecule has 0 amide bonds. The van der Waals surface area contributed by atoms with Crippen LogP contribution in [0.1, 0.15) is 0 Å². The van der Waals surface area contributed by atoms with Crippen molar-refractivity contribution in [2.45, 2.75) is 0 Å². The van der Waals surface area contributed by atoms with Gasteiger partial charge < -0.3 is 5.73 Å². The van der Waals surface area contributed by atoms with Crippen LogP contribution in [0.5, 0.6) is 0 Å². The van der Waals surface area contributed by atoms with Crippen LogP contribution in [0.3, 0.4) is 0 Å². The Labute approximate surface area is 74.5 Å². The van der Waals surface area contributed by atoms with Gasteiger partial charge in [-0.15, -0.1) is 0 Å². The molecule has 6 nitrogen and oxygen atoms in total. The van der Waals surface area contributed by atoms with Gasteiger partial charge in [-0.25, -0.2) is 9.97 Å². The Bertz CT molecular complexity index is 420. The lowest BCUT2D eigenvalue weighted by Gasteiger charge is -1.94. The average molecular weight is 176 g/mol. The fourth-order valence-corrected chi connectivity index (χ4v) is 0.967. The predicted octanol–water partition coefficient (Wildman–Crippen LogP) is -0.146. The van der Waals surface area contributed by atoms with Crippen LogP contribution in [0.4, 0.5) is 5.95 Å². The second kappa shape index (κ2) is 2.81. The van der Waals surface area contributed by atoms with E-state index in [1.165, 1.54) is 6.33 Å². The molecule has 0 spiro atoms. The fourth-order valence-electron chi connectivity index (χ4n) is 0.967.